The van der Waals surface area contributed by atoms with Gasteiger partial charge in [-0.1, -0.05) is 12.1 Å². The Morgan fingerprint density at radius 1 is 1.29 bits per heavy atom. The van der Waals surface area contributed by atoms with E-state index < -0.39 is 6.03 Å². The van der Waals surface area contributed by atoms with Crippen molar-refractivity contribution >= 4 is 11.7 Å². The lowest BCUT2D eigenvalue weighted by Crippen LogP contribution is -2.31. The first kappa shape index (κ1) is 18.9. The minimum absolute atomic E-state index is 0.145. The van der Waals surface area contributed by atoms with E-state index in [1.165, 1.54) is 10.9 Å². The van der Waals surface area contributed by atoms with Crippen molar-refractivity contribution in [1.82, 2.24) is 20.1 Å². The van der Waals surface area contributed by atoms with Gasteiger partial charge in [-0.3, -0.25) is 9.89 Å². The quantitative estimate of drug-likeness (QED) is 0.534. The molecule has 0 saturated heterocycles. The van der Waals surface area contributed by atoms with Crippen molar-refractivity contribution in [1.29, 1.82) is 5.26 Å². The van der Waals surface area contributed by atoms with Gasteiger partial charge in [0.2, 0.25) is 0 Å². The molecule has 0 unspecified atom stereocenters. The second-order valence-corrected chi connectivity index (χ2v) is 5.95. The SMILES string of the molecule is Cc1[nH]n(-c2ccc(NC(=O)NCCO)cn2)c(=O)c1-c1ccc(C#N)cc1. The molecule has 0 spiro atoms. The molecule has 0 fully saturated rings. The van der Waals surface area contributed by atoms with Crippen LogP contribution in [0.3, 0.4) is 0 Å². The number of rotatable bonds is 5. The Bertz CT molecular complexity index is 1070. The number of nitrogens with one attached hydrogen (secondary N) is 3. The fraction of sp³-hybridized carbons (Fsp3) is 0.158. The smallest absolute Gasteiger partial charge is 0.319 e. The first-order valence-electron chi connectivity index (χ1n) is 8.47. The summed E-state index contributed by atoms with van der Waals surface area (Å²) in [6, 6.07) is 11.6. The van der Waals surface area contributed by atoms with Crippen molar-refractivity contribution in [3.8, 4) is 23.0 Å². The lowest BCUT2D eigenvalue weighted by atomic mass is 10.1. The van der Waals surface area contributed by atoms with Crippen LogP contribution in [0.25, 0.3) is 16.9 Å². The molecule has 3 aromatic rings. The third kappa shape index (κ3) is 3.92. The summed E-state index contributed by atoms with van der Waals surface area (Å²) in [5, 5.41) is 25.6. The molecule has 0 atom stereocenters. The van der Waals surface area contributed by atoms with Crippen molar-refractivity contribution in [2.24, 2.45) is 0 Å². The van der Waals surface area contributed by atoms with Crippen LogP contribution < -0.4 is 16.2 Å². The molecule has 2 amide bonds. The molecule has 9 nitrogen and oxygen atoms in total. The number of amides is 2. The summed E-state index contributed by atoms with van der Waals surface area (Å²) in [5.74, 6) is 0.370. The van der Waals surface area contributed by atoms with Crippen LogP contribution in [-0.2, 0) is 0 Å². The fourth-order valence-corrected chi connectivity index (χ4v) is 2.70. The summed E-state index contributed by atoms with van der Waals surface area (Å²) in [6.45, 7) is 1.78. The molecule has 3 rings (SSSR count). The monoisotopic (exact) mass is 378 g/mol. The highest BCUT2D eigenvalue weighted by Gasteiger charge is 2.15. The highest BCUT2D eigenvalue weighted by molar-refractivity contribution is 5.89. The van der Waals surface area contributed by atoms with E-state index in [0.717, 1.165) is 0 Å². The molecular weight excluding hydrogens is 360 g/mol. The van der Waals surface area contributed by atoms with E-state index in [2.05, 4.69) is 20.7 Å². The maximum atomic E-state index is 12.8. The predicted molar refractivity (Wildman–Crippen MR) is 103 cm³/mol. The number of aliphatic hydroxyl groups is 1. The third-order valence-electron chi connectivity index (χ3n) is 4.01. The summed E-state index contributed by atoms with van der Waals surface area (Å²) in [7, 11) is 0. The fourth-order valence-electron chi connectivity index (χ4n) is 2.70. The average molecular weight is 378 g/mol. The number of nitrogens with zero attached hydrogens (tertiary/aromatic N) is 3. The second-order valence-electron chi connectivity index (χ2n) is 5.95. The molecule has 142 valence electrons. The van der Waals surface area contributed by atoms with Gasteiger partial charge >= 0.3 is 6.03 Å². The van der Waals surface area contributed by atoms with Crippen LogP contribution in [0.4, 0.5) is 10.5 Å². The van der Waals surface area contributed by atoms with Gasteiger partial charge in [0.25, 0.3) is 5.56 Å². The molecule has 2 heterocycles. The Labute approximate surface area is 160 Å². The van der Waals surface area contributed by atoms with Gasteiger partial charge < -0.3 is 15.7 Å². The molecule has 0 radical (unpaired) electrons. The molecule has 4 N–H and O–H groups in total. The Balaban J connectivity index is 1.85. The van der Waals surface area contributed by atoms with Crippen molar-refractivity contribution in [2.75, 3.05) is 18.5 Å². The zero-order chi connectivity index (χ0) is 20.1. The van der Waals surface area contributed by atoms with Crippen LogP contribution in [-0.4, -0.2) is 39.1 Å². The van der Waals surface area contributed by atoms with Gasteiger partial charge in [0.1, 0.15) is 0 Å². The minimum Gasteiger partial charge on any atom is -0.395 e. The molecule has 0 saturated carbocycles. The maximum Gasteiger partial charge on any atom is 0.319 e. The number of anilines is 1. The van der Waals surface area contributed by atoms with E-state index in [9.17, 15) is 9.59 Å². The second kappa shape index (κ2) is 8.20. The Morgan fingerprint density at radius 3 is 2.64 bits per heavy atom. The molecular formula is C19H18N6O3. The van der Waals surface area contributed by atoms with Gasteiger partial charge in [0.15, 0.2) is 5.82 Å². The normalized spacial score (nSPS) is 10.3. The van der Waals surface area contributed by atoms with Crippen molar-refractivity contribution in [2.45, 2.75) is 6.92 Å². The van der Waals surface area contributed by atoms with Gasteiger partial charge in [-0.2, -0.15) is 5.26 Å². The lowest BCUT2D eigenvalue weighted by molar-refractivity contribution is 0.245. The van der Waals surface area contributed by atoms with E-state index >= 15 is 0 Å². The molecule has 1 aromatic carbocycles. The maximum absolute atomic E-state index is 12.8. The number of carbonyl (C=O) groups excluding carboxylic acids is 1. The van der Waals surface area contributed by atoms with Gasteiger partial charge in [-0.15, -0.1) is 0 Å². The number of carbonyl (C=O) groups is 1. The number of nitriles is 1. The Hall–Kier alpha value is -3.90. The molecule has 28 heavy (non-hydrogen) atoms. The molecule has 0 aliphatic heterocycles. The van der Waals surface area contributed by atoms with Crippen LogP contribution in [0.2, 0.25) is 0 Å². The van der Waals surface area contributed by atoms with Crippen molar-refractivity contribution in [3.05, 3.63) is 64.2 Å². The van der Waals surface area contributed by atoms with Crippen LogP contribution >= 0.6 is 0 Å². The van der Waals surface area contributed by atoms with E-state index in [0.29, 0.717) is 33.9 Å². The molecule has 0 aliphatic rings. The number of benzene rings is 1. The number of aliphatic hydroxyl groups excluding tert-OH is 1. The van der Waals surface area contributed by atoms with Crippen LogP contribution in [0.15, 0.2) is 47.4 Å². The van der Waals surface area contributed by atoms with Crippen molar-refractivity contribution in [3.63, 3.8) is 0 Å². The molecule has 9 heteroatoms. The predicted octanol–water partition coefficient (Wildman–Crippen LogP) is 1.52. The Kier molecular flexibility index (Phi) is 5.53. The van der Waals surface area contributed by atoms with E-state index in [1.807, 2.05) is 6.07 Å². The lowest BCUT2D eigenvalue weighted by Gasteiger charge is -2.07. The molecule has 0 aliphatic carbocycles. The number of pyridine rings is 1. The Morgan fingerprint density at radius 2 is 2.04 bits per heavy atom. The number of hydrogen-bond acceptors (Lipinski definition) is 5. The van der Waals surface area contributed by atoms with E-state index in [1.54, 1.807) is 43.3 Å². The zero-order valence-electron chi connectivity index (χ0n) is 15.1. The topological polar surface area (TPSA) is 136 Å². The summed E-state index contributed by atoms with van der Waals surface area (Å²) in [6.07, 6.45) is 1.43. The molecule has 2 aromatic heterocycles. The molecule has 0 bridgehead atoms. The van der Waals surface area contributed by atoms with Crippen LogP contribution in [0, 0.1) is 18.3 Å². The van der Waals surface area contributed by atoms with Gasteiger partial charge in [-0.25, -0.2) is 14.5 Å². The number of aryl methyl sites for hydroxylation is 1. The standard InChI is InChI=1S/C19H18N6O3/c1-12-17(14-4-2-13(10-20)3-5-14)18(27)25(24-12)16-7-6-15(11-22-16)23-19(28)21-8-9-26/h2-7,11,24,26H,8-9H2,1H3,(H2,21,23,28). The van der Waals surface area contributed by atoms with Gasteiger partial charge in [0.05, 0.1) is 35.7 Å². The zero-order valence-corrected chi connectivity index (χ0v) is 15.1. The number of urea groups is 1. The largest absolute Gasteiger partial charge is 0.395 e. The highest BCUT2D eigenvalue weighted by atomic mass is 16.3. The van der Waals surface area contributed by atoms with Gasteiger partial charge in [-0.05, 0) is 36.8 Å². The van der Waals surface area contributed by atoms with Gasteiger partial charge in [0, 0.05) is 12.2 Å². The summed E-state index contributed by atoms with van der Waals surface area (Å²) in [4.78, 5) is 28.7. The number of H-pyrrole nitrogens is 1. The first-order chi connectivity index (χ1) is 13.5. The van der Waals surface area contributed by atoms with E-state index in [4.69, 9.17) is 10.4 Å². The average Bonchev–Trinajstić information content (AvgIpc) is 3.01. The van der Waals surface area contributed by atoms with E-state index in [-0.39, 0.29) is 18.7 Å². The summed E-state index contributed by atoms with van der Waals surface area (Å²) >= 11 is 0. The highest BCUT2D eigenvalue weighted by Crippen LogP contribution is 2.20. The number of aromatic nitrogens is 3. The number of hydrogen-bond donors (Lipinski definition) is 4. The summed E-state index contributed by atoms with van der Waals surface area (Å²) in [5.41, 5.74) is 2.57. The first-order valence-corrected chi connectivity index (χ1v) is 8.47. The van der Waals surface area contributed by atoms with Crippen LogP contribution in [0.1, 0.15) is 11.3 Å². The van der Waals surface area contributed by atoms with Crippen molar-refractivity contribution < 1.29 is 9.90 Å². The number of aromatic amines is 1. The third-order valence-corrected chi connectivity index (χ3v) is 4.01. The van der Waals surface area contributed by atoms with Crippen LogP contribution in [0.5, 0.6) is 0 Å². The summed E-state index contributed by atoms with van der Waals surface area (Å²) < 4.78 is 1.32. The minimum atomic E-state index is -0.459.